The molecule has 0 aliphatic heterocycles. The van der Waals surface area contributed by atoms with Gasteiger partial charge in [0.05, 0.1) is 12.3 Å². The number of fused-ring (bicyclic) bond motifs is 1. The summed E-state index contributed by atoms with van der Waals surface area (Å²) >= 11 is 1.85. The molecule has 1 N–H and O–H groups in total. The molecule has 0 spiro atoms. The SMILES string of the molecule is CCCNC(c1ccc(C)s1)c1coc2ccccc12. The molecule has 0 aliphatic carbocycles. The van der Waals surface area contributed by atoms with E-state index in [1.807, 2.05) is 29.7 Å². The summed E-state index contributed by atoms with van der Waals surface area (Å²) in [5, 5.41) is 4.85. The van der Waals surface area contributed by atoms with Crippen LogP contribution in [0.3, 0.4) is 0 Å². The number of hydrogen-bond donors (Lipinski definition) is 1. The van der Waals surface area contributed by atoms with Gasteiger partial charge in [0, 0.05) is 20.7 Å². The minimum absolute atomic E-state index is 0.220. The smallest absolute Gasteiger partial charge is 0.134 e. The van der Waals surface area contributed by atoms with Crippen molar-refractivity contribution in [2.75, 3.05) is 6.54 Å². The fourth-order valence-corrected chi connectivity index (χ4v) is 3.46. The van der Waals surface area contributed by atoms with Crippen LogP contribution in [0.15, 0.2) is 47.1 Å². The van der Waals surface area contributed by atoms with Crippen molar-refractivity contribution in [1.82, 2.24) is 5.32 Å². The fourth-order valence-electron chi connectivity index (χ4n) is 2.48. The maximum Gasteiger partial charge on any atom is 0.134 e. The van der Waals surface area contributed by atoms with Crippen LogP contribution in [0.2, 0.25) is 0 Å². The van der Waals surface area contributed by atoms with E-state index in [4.69, 9.17) is 4.42 Å². The molecule has 0 radical (unpaired) electrons. The van der Waals surface area contributed by atoms with Crippen molar-refractivity contribution in [3.05, 3.63) is 58.0 Å². The average Bonchev–Trinajstić information content (AvgIpc) is 3.07. The Kier molecular flexibility index (Phi) is 3.90. The van der Waals surface area contributed by atoms with E-state index in [2.05, 4.69) is 43.4 Å². The van der Waals surface area contributed by atoms with Gasteiger partial charge in [-0.05, 0) is 38.1 Å². The van der Waals surface area contributed by atoms with Crippen LogP contribution >= 0.6 is 11.3 Å². The predicted molar refractivity (Wildman–Crippen MR) is 85.4 cm³/mol. The van der Waals surface area contributed by atoms with Crippen LogP contribution in [0.5, 0.6) is 0 Å². The Labute approximate surface area is 123 Å². The minimum atomic E-state index is 0.220. The molecule has 3 aromatic rings. The van der Waals surface area contributed by atoms with Gasteiger partial charge in [-0.25, -0.2) is 0 Å². The van der Waals surface area contributed by atoms with Gasteiger partial charge in [-0.3, -0.25) is 0 Å². The first-order valence-corrected chi connectivity index (χ1v) is 7.87. The van der Waals surface area contributed by atoms with Crippen molar-refractivity contribution in [1.29, 1.82) is 0 Å². The highest BCUT2D eigenvalue weighted by Gasteiger charge is 2.19. The molecule has 3 heteroatoms. The molecule has 2 heterocycles. The number of nitrogens with one attached hydrogen (secondary N) is 1. The van der Waals surface area contributed by atoms with E-state index in [0.29, 0.717) is 0 Å². The lowest BCUT2D eigenvalue weighted by atomic mass is 10.0. The largest absolute Gasteiger partial charge is 0.464 e. The second kappa shape index (κ2) is 5.81. The Morgan fingerprint density at radius 1 is 1.20 bits per heavy atom. The van der Waals surface area contributed by atoms with Crippen molar-refractivity contribution < 1.29 is 4.42 Å². The first-order valence-electron chi connectivity index (χ1n) is 7.05. The maximum absolute atomic E-state index is 5.70. The Balaban J connectivity index is 2.04. The summed E-state index contributed by atoms with van der Waals surface area (Å²) in [5.74, 6) is 0. The highest BCUT2D eigenvalue weighted by molar-refractivity contribution is 7.12. The molecule has 1 unspecified atom stereocenters. The normalized spacial score (nSPS) is 12.9. The van der Waals surface area contributed by atoms with Crippen LogP contribution in [-0.2, 0) is 0 Å². The third kappa shape index (κ3) is 2.51. The molecule has 0 aliphatic rings. The summed E-state index contributed by atoms with van der Waals surface area (Å²) in [6.07, 6.45) is 3.02. The van der Waals surface area contributed by atoms with Crippen molar-refractivity contribution in [2.24, 2.45) is 0 Å². The van der Waals surface area contributed by atoms with E-state index in [0.717, 1.165) is 18.5 Å². The second-order valence-electron chi connectivity index (χ2n) is 5.02. The molecular weight excluding hydrogens is 266 g/mol. The Morgan fingerprint density at radius 3 is 2.80 bits per heavy atom. The van der Waals surface area contributed by atoms with Gasteiger partial charge in [0.2, 0.25) is 0 Å². The minimum Gasteiger partial charge on any atom is -0.464 e. The van der Waals surface area contributed by atoms with Crippen molar-refractivity contribution in [3.63, 3.8) is 0 Å². The van der Waals surface area contributed by atoms with E-state index in [1.54, 1.807) is 0 Å². The van der Waals surface area contributed by atoms with Crippen molar-refractivity contribution in [3.8, 4) is 0 Å². The summed E-state index contributed by atoms with van der Waals surface area (Å²) in [6.45, 7) is 5.34. The van der Waals surface area contributed by atoms with Gasteiger partial charge in [-0.2, -0.15) is 0 Å². The second-order valence-corrected chi connectivity index (χ2v) is 6.34. The maximum atomic E-state index is 5.70. The van der Waals surface area contributed by atoms with Crippen molar-refractivity contribution in [2.45, 2.75) is 26.3 Å². The fraction of sp³-hybridized carbons (Fsp3) is 0.294. The van der Waals surface area contributed by atoms with Crippen LogP contribution < -0.4 is 5.32 Å². The van der Waals surface area contributed by atoms with Crippen LogP contribution in [-0.4, -0.2) is 6.54 Å². The highest BCUT2D eigenvalue weighted by atomic mass is 32.1. The molecule has 3 rings (SSSR count). The van der Waals surface area contributed by atoms with Gasteiger partial charge < -0.3 is 9.73 Å². The Morgan fingerprint density at radius 2 is 2.05 bits per heavy atom. The number of benzene rings is 1. The molecule has 0 amide bonds. The molecule has 0 saturated carbocycles. The number of aryl methyl sites for hydroxylation is 1. The summed E-state index contributed by atoms with van der Waals surface area (Å²) in [7, 11) is 0. The van der Waals surface area contributed by atoms with E-state index in [1.165, 1.54) is 20.7 Å². The molecule has 1 aromatic carbocycles. The van der Waals surface area contributed by atoms with Gasteiger partial charge in [0.15, 0.2) is 0 Å². The first kappa shape index (κ1) is 13.4. The van der Waals surface area contributed by atoms with Gasteiger partial charge in [0.25, 0.3) is 0 Å². The number of hydrogen-bond acceptors (Lipinski definition) is 3. The van der Waals surface area contributed by atoms with Crippen molar-refractivity contribution >= 4 is 22.3 Å². The monoisotopic (exact) mass is 285 g/mol. The highest BCUT2D eigenvalue weighted by Crippen LogP contribution is 2.33. The first-order chi connectivity index (χ1) is 9.79. The van der Waals surface area contributed by atoms with E-state index >= 15 is 0 Å². The summed E-state index contributed by atoms with van der Waals surface area (Å²) in [6, 6.07) is 12.9. The molecule has 1 atom stereocenters. The van der Waals surface area contributed by atoms with Gasteiger partial charge in [0.1, 0.15) is 5.58 Å². The zero-order valence-electron chi connectivity index (χ0n) is 11.8. The summed E-state index contributed by atoms with van der Waals surface area (Å²) in [4.78, 5) is 2.69. The van der Waals surface area contributed by atoms with E-state index < -0.39 is 0 Å². The third-order valence-electron chi connectivity index (χ3n) is 3.47. The molecule has 0 saturated heterocycles. The van der Waals surface area contributed by atoms with Gasteiger partial charge in [-0.15, -0.1) is 11.3 Å². The van der Waals surface area contributed by atoms with E-state index in [-0.39, 0.29) is 6.04 Å². The van der Waals surface area contributed by atoms with Crippen LogP contribution in [0.1, 0.15) is 34.7 Å². The zero-order chi connectivity index (χ0) is 13.9. The Hall–Kier alpha value is -1.58. The van der Waals surface area contributed by atoms with E-state index in [9.17, 15) is 0 Å². The Bertz CT molecular complexity index is 698. The zero-order valence-corrected chi connectivity index (χ0v) is 12.7. The topological polar surface area (TPSA) is 25.2 Å². The molecule has 20 heavy (non-hydrogen) atoms. The molecule has 2 nitrogen and oxygen atoms in total. The summed E-state index contributed by atoms with van der Waals surface area (Å²) in [5.41, 5.74) is 2.19. The number of rotatable bonds is 5. The third-order valence-corrected chi connectivity index (χ3v) is 4.53. The molecule has 2 aromatic heterocycles. The number of furan rings is 1. The quantitative estimate of drug-likeness (QED) is 0.722. The molecule has 0 fully saturated rings. The predicted octanol–water partition coefficient (Wildman–Crippen LogP) is 4.89. The van der Waals surface area contributed by atoms with Gasteiger partial charge in [-0.1, -0.05) is 25.1 Å². The van der Waals surface area contributed by atoms with Crippen LogP contribution in [0.25, 0.3) is 11.0 Å². The molecular formula is C17H19NOS. The standard InChI is InChI=1S/C17H19NOS/c1-3-10-18-17(16-9-8-12(2)20-16)14-11-19-15-7-5-4-6-13(14)15/h4-9,11,17-18H,3,10H2,1-2H3. The summed E-state index contributed by atoms with van der Waals surface area (Å²) < 4.78 is 5.70. The lowest BCUT2D eigenvalue weighted by molar-refractivity contribution is 0.576. The average molecular weight is 285 g/mol. The lowest BCUT2D eigenvalue weighted by Gasteiger charge is -2.16. The number of thiophene rings is 1. The van der Waals surface area contributed by atoms with Gasteiger partial charge >= 0.3 is 0 Å². The van der Waals surface area contributed by atoms with Crippen LogP contribution in [0, 0.1) is 6.92 Å². The number of para-hydroxylation sites is 1. The van der Waals surface area contributed by atoms with Crippen LogP contribution in [0.4, 0.5) is 0 Å². The molecule has 0 bridgehead atoms. The molecule has 104 valence electrons. The lowest BCUT2D eigenvalue weighted by Crippen LogP contribution is -2.22.